The summed E-state index contributed by atoms with van der Waals surface area (Å²) in [6.07, 6.45) is 0. The lowest BCUT2D eigenvalue weighted by Gasteiger charge is -2.09. The molecule has 0 aliphatic heterocycles. The van der Waals surface area contributed by atoms with E-state index >= 15 is 0 Å². The van der Waals surface area contributed by atoms with Gasteiger partial charge in [-0.1, -0.05) is 41.4 Å². The molecule has 3 rings (SSSR count). The Morgan fingerprint density at radius 3 is 2.57 bits per heavy atom. The van der Waals surface area contributed by atoms with E-state index in [-0.39, 0.29) is 6.54 Å². The molecule has 2 aromatic carbocycles. The fourth-order valence-corrected chi connectivity index (χ4v) is 2.61. The lowest BCUT2D eigenvalue weighted by Crippen LogP contribution is -2.25. The lowest BCUT2D eigenvalue weighted by molar-refractivity contribution is 0.425. The second-order valence-electron chi connectivity index (χ2n) is 4.49. The van der Waals surface area contributed by atoms with Gasteiger partial charge < -0.3 is 4.42 Å². The first-order valence-electron chi connectivity index (χ1n) is 6.13. The van der Waals surface area contributed by atoms with Gasteiger partial charge in [0.2, 0.25) is 0 Å². The summed E-state index contributed by atoms with van der Waals surface area (Å²) in [6, 6.07) is 11.8. The van der Waals surface area contributed by atoms with Crippen LogP contribution in [0.4, 0.5) is 0 Å². The van der Waals surface area contributed by atoms with Gasteiger partial charge in [0, 0.05) is 10.0 Å². The molecule has 0 N–H and O–H groups in total. The smallest absolute Gasteiger partial charge is 0.372 e. The van der Waals surface area contributed by atoms with Crippen molar-refractivity contribution in [2.75, 3.05) is 0 Å². The molecular weight excluding hydrogens is 313 g/mol. The standard InChI is InChI=1S/C15H9Cl2NO3/c16-10-6-5-9(12(17)7-10)8-18-13-4-2-1-3-11(13)14(19)21-15(18)20/h1-7H,8H2. The van der Waals surface area contributed by atoms with Crippen LogP contribution in [0.3, 0.4) is 0 Å². The maximum absolute atomic E-state index is 12.0. The van der Waals surface area contributed by atoms with Crippen molar-refractivity contribution in [1.82, 2.24) is 4.57 Å². The van der Waals surface area contributed by atoms with Gasteiger partial charge in [0.05, 0.1) is 17.4 Å². The van der Waals surface area contributed by atoms with Gasteiger partial charge in [-0.15, -0.1) is 0 Å². The molecule has 0 saturated carbocycles. The number of fused-ring (bicyclic) bond motifs is 1. The number of rotatable bonds is 2. The van der Waals surface area contributed by atoms with Crippen LogP contribution in [-0.2, 0) is 6.54 Å². The zero-order chi connectivity index (χ0) is 15.0. The van der Waals surface area contributed by atoms with Crippen molar-refractivity contribution in [2.24, 2.45) is 0 Å². The Hall–Kier alpha value is -2.04. The third-order valence-electron chi connectivity index (χ3n) is 3.16. The van der Waals surface area contributed by atoms with Crippen molar-refractivity contribution in [3.05, 3.63) is 79.0 Å². The fraction of sp³-hybridized carbons (Fsp3) is 0.0667. The summed E-state index contributed by atoms with van der Waals surface area (Å²) in [4.78, 5) is 23.7. The van der Waals surface area contributed by atoms with Gasteiger partial charge in [0.15, 0.2) is 0 Å². The number of nitrogens with zero attached hydrogens (tertiary/aromatic N) is 1. The Bertz CT molecular complexity index is 944. The van der Waals surface area contributed by atoms with Gasteiger partial charge in [-0.3, -0.25) is 4.57 Å². The predicted molar refractivity (Wildman–Crippen MR) is 82.3 cm³/mol. The number of para-hydroxylation sites is 1. The van der Waals surface area contributed by atoms with Gasteiger partial charge in [-0.2, -0.15) is 0 Å². The van der Waals surface area contributed by atoms with Gasteiger partial charge in [-0.05, 0) is 29.8 Å². The van der Waals surface area contributed by atoms with Crippen LogP contribution in [0.1, 0.15) is 5.56 Å². The molecule has 0 aliphatic carbocycles. The number of aromatic nitrogens is 1. The van der Waals surface area contributed by atoms with E-state index in [2.05, 4.69) is 0 Å². The van der Waals surface area contributed by atoms with Gasteiger partial charge >= 0.3 is 11.4 Å². The van der Waals surface area contributed by atoms with Crippen LogP contribution in [0.25, 0.3) is 10.9 Å². The minimum absolute atomic E-state index is 0.194. The maximum atomic E-state index is 12.0. The Balaban J connectivity index is 2.21. The zero-order valence-electron chi connectivity index (χ0n) is 10.7. The number of hydrogen-bond donors (Lipinski definition) is 0. The molecule has 4 nitrogen and oxygen atoms in total. The molecule has 21 heavy (non-hydrogen) atoms. The normalized spacial score (nSPS) is 11.0. The van der Waals surface area contributed by atoms with Gasteiger partial charge in [0.25, 0.3) is 0 Å². The molecule has 0 saturated heterocycles. The second kappa shape index (κ2) is 5.39. The van der Waals surface area contributed by atoms with Crippen LogP contribution in [0.15, 0.2) is 56.5 Å². The monoisotopic (exact) mass is 321 g/mol. The summed E-state index contributed by atoms with van der Waals surface area (Å²) in [5.41, 5.74) is 0.570. The van der Waals surface area contributed by atoms with E-state index in [4.69, 9.17) is 27.6 Å². The van der Waals surface area contributed by atoms with E-state index in [1.165, 1.54) is 4.57 Å². The molecule has 106 valence electrons. The van der Waals surface area contributed by atoms with Crippen molar-refractivity contribution >= 4 is 34.1 Å². The van der Waals surface area contributed by atoms with E-state index in [0.717, 1.165) is 0 Å². The van der Waals surface area contributed by atoms with Crippen LogP contribution in [0.5, 0.6) is 0 Å². The highest BCUT2D eigenvalue weighted by Gasteiger charge is 2.11. The molecule has 0 radical (unpaired) electrons. The average molecular weight is 322 g/mol. The summed E-state index contributed by atoms with van der Waals surface area (Å²) in [5, 5.41) is 1.31. The van der Waals surface area contributed by atoms with Crippen LogP contribution < -0.4 is 11.4 Å². The third-order valence-corrected chi connectivity index (χ3v) is 3.75. The Morgan fingerprint density at radius 2 is 1.81 bits per heavy atom. The fourth-order valence-electron chi connectivity index (χ4n) is 2.14. The molecule has 0 atom stereocenters. The summed E-state index contributed by atoms with van der Waals surface area (Å²) < 4.78 is 6.11. The Kier molecular flexibility index (Phi) is 3.57. The van der Waals surface area contributed by atoms with Crippen molar-refractivity contribution in [3.63, 3.8) is 0 Å². The summed E-state index contributed by atoms with van der Waals surface area (Å²) >= 11 is 12.0. The van der Waals surface area contributed by atoms with Crippen LogP contribution >= 0.6 is 23.2 Å². The molecule has 0 fully saturated rings. The van der Waals surface area contributed by atoms with Crippen molar-refractivity contribution in [3.8, 4) is 0 Å². The molecule has 1 heterocycles. The van der Waals surface area contributed by atoms with E-state index in [0.29, 0.717) is 26.5 Å². The minimum atomic E-state index is -0.718. The first-order chi connectivity index (χ1) is 10.1. The Labute approximate surface area is 129 Å². The maximum Gasteiger partial charge on any atom is 0.422 e. The van der Waals surface area contributed by atoms with Crippen molar-refractivity contribution in [1.29, 1.82) is 0 Å². The lowest BCUT2D eigenvalue weighted by atomic mass is 10.2. The Morgan fingerprint density at radius 1 is 1.05 bits per heavy atom. The highest BCUT2D eigenvalue weighted by Crippen LogP contribution is 2.22. The average Bonchev–Trinajstić information content (AvgIpc) is 2.45. The van der Waals surface area contributed by atoms with Gasteiger partial charge in [-0.25, -0.2) is 9.59 Å². The minimum Gasteiger partial charge on any atom is -0.372 e. The largest absolute Gasteiger partial charge is 0.422 e. The predicted octanol–water partition coefficient (Wildman–Crippen LogP) is 3.31. The highest BCUT2D eigenvalue weighted by atomic mass is 35.5. The first kappa shape index (κ1) is 13.9. The number of halogens is 2. The van der Waals surface area contributed by atoms with E-state index in [1.54, 1.807) is 42.5 Å². The molecule has 0 aliphatic rings. The summed E-state index contributed by atoms with van der Waals surface area (Å²) in [7, 11) is 0. The number of benzene rings is 2. The van der Waals surface area contributed by atoms with E-state index < -0.39 is 11.4 Å². The topological polar surface area (TPSA) is 52.2 Å². The molecule has 1 aromatic heterocycles. The second-order valence-corrected chi connectivity index (χ2v) is 5.34. The molecule has 0 spiro atoms. The summed E-state index contributed by atoms with van der Waals surface area (Å²) in [5.74, 6) is -0.718. The van der Waals surface area contributed by atoms with Crippen molar-refractivity contribution in [2.45, 2.75) is 6.54 Å². The quantitative estimate of drug-likeness (QED) is 0.727. The zero-order valence-corrected chi connectivity index (χ0v) is 12.2. The van der Waals surface area contributed by atoms with Crippen LogP contribution in [0.2, 0.25) is 10.0 Å². The van der Waals surface area contributed by atoms with Crippen LogP contribution in [-0.4, -0.2) is 4.57 Å². The molecule has 0 unspecified atom stereocenters. The molecule has 3 aromatic rings. The molecule has 6 heteroatoms. The number of hydrogen-bond acceptors (Lipinski definition) is 3. The SMILES string of the molecule is O=c1oc(=O)n(Cc2ccc(Cl)cc2Cl)c2ccccc12. The third kappa shape index (κ3) is 2.60. The van der Waals surface area contributed by atoms with Crippen LogP contribution in [0, 0.1) is 0 Å². The van der Waals surface area contributed by atoms with Crippen molar-refractivity contribution < 1.29 is 4.42 Å². The highest BCUT2D eigenvalue weighted by molar-refractivity contribution is 6.35. The molecule has 0 amide bonds. The molecular formula is C15H9Cl2NO3. The van der Waals surface area contributed by atoms with E-state index in [9.17, 15) is 9.59 Å². The summed E-state index contributed by atoms with van der Waals surface area (Å²) in [6.45, 7) is 0.194. The van der Waals surface area contributed by atoms with Gasteiger partial charge in [0.1, 0.15) is 0 Å². The first-order valence-corrected chi connectivity index (χ1v) is 6.88. The van der Waals surface area contributed by atoms with E-state index in [1.807, 2.05) is 0 Å². The molecule has 0 bridgehead atoms.